The molecule has 1 fully saturated rings. The standard InChI is InChI=1S/C13H15NO2/c1-16-13(15)9-12(10-7-8-10)14-11-5-3-2-4-6-11/h2-6,9-10,14H,7-8H2,1H3/b12-9+. The molecule has 3 heteroatoms. The van der Waals surface area contributed by atoms with Gasteiger partial charge in [-0.2, -0.15) is 0 Å². The number of para-hydroxylation sites is 1. The van der Waals surface area contributed by atoms with Crippen LogP contribution >= 0.6 is 0 Å². The van der Waals surface area contributed by atoms with Gasteiger partial charge in [0.1, 0.15) is 0 Å². The molecule has 0 atom stereocenters. The highest BCUT2D eigenvalue weighted by Crippen LogP contribution is 2.36. The molecule has 0 aliphatic heterocycles. The van der Waals surface area contributed by atoms with Gasteiger partial charge in [-0.15, -0.1) is 0 Å². The Kier molecular flexibility index (Phi) is 3.25. The quantitative estimate of drug-likeness (QED) is 0.622. The number of hydrogen-bond acceptors (Lipinski definition) is 3. The highest BCUT2D eigenvalue weighted by molar-refractivity contribution is 5.83. The first-order valence-corrected chi connectivity index (χ1v) is 5.41. The summed E-state index contributed by atoms with van der Waals surface area (Å²) in [6.07, 6.45) is 3.83. The molecular formula is C13H15NO2. The zero-order chi connectivity index (χ0) is 11.4. The lowest BCUT2D eigenvalue weighted by Gasteiger charge is -2.09. The molecule has 0 bridgehead atoms. The van der Waals surface area contributed by atoms with Crippen molar-refractivity contribution >= 4 is 11.7 Å². The minimum Gasteiger partial charge on any atom is -0.466 e. The van der Waals surface area contributed by atoms with Crippen LogP contribution < -0.4 is 5.32 Å². The summed E-state index contributed by atoms with van der Waals surface area (Å²) in [4.78, 5) is 11.2. The fraction of sp³-hybridized carbons (Fsp3) is 0.308. The number of hydrogen-bond donors (Lipinski definition) is 1. The number of carbonyl (C=O) groups is 1. The van der Waals surface area contributed by atoms with Crippen molar-refractivity contribution in [3.05, 3.63) is 42.1 Å². The van der Waals surface area contributed by atoms with E-state index in [9.17, 15) is 4.79 Å². The topological polar surface area (TPSA) is 38.3 Å². The molecule has 1 aliphatic carbocycles. The van der Waals surface area contributed by atoms with Gasteiger partial charge in [-0.05, 0) is 30.9 Å². The first-order valence-electron chi connectivity index (χ1n) is 5.41. The fourth-order valence-corrected chi connectivity index (χ4v) is 1.52. The third-order valence-corrected chi connectivity index (χ3v) is 2.55. The number of anilines is 1. The molecule has 1 aromatic carbocycles. The highest BCUT2D eigenvalue weighted by atomic mass is 16.5. The molecule has 84 valence electrons. The zero-order valence-corrected chi connectivity index (χ0v) is 9.27. The minimum absolute atomic E-state index is 0.301. The molecule has 1 aromatic rings. The predicted molar refractivity (Wildman–Crippen MR) is 62.9 cm³/mol. The molecular weight excluding hydrogens is 202 g/mol. The first kappa shape index (κ1) is 10.7. The Hall–Kier alpha value is -1.77. The number of allylic oxidation sites excluding steroid dienone is 1. The largest absolute Gasteiger partial charge is 0.466 e. The Labute approximate surface area is 95.1 Å². The Morgan fingerprint density at radius 2 is 2.06 bits per heavy atom. The van der Waals surface area contributed by atoms with Crippen LogP contribution in [0.3, 0.4) is 0 Å². The van der Waals surface area contributed by atoms with Crippen LogP contribution in [-0.4, -0.2) is 13.1 Å². The van der Waals surface area contributed by atoms with Crippen molar-refractivity contribution in [1.82, 2.24) is 0 Å². The van der Waals surface area contributed by atoms with E-state index in [1.807, 2.05) is 30.3 Å². The fourth-order valence-electron chi connectivity index (χ4n) is 1.52. The van der Waals surface area contributed by atoms with E-state index < -0.39 is 0 Å². The van der Waals surface area contributed by atoms with Gasteiger partial charge in [0.2, 0.25) is 0 Å². The van der Waals surface area contributed by atoms with Crippen molar-refractivity contribution in [2.24, 2.45) is 5.92 Å². The molecule has 2 rings (SSSR count). The molecule has 0 unspecified atom stereocenters. The molecule has 0 spiro atoms. The Morgan fingerprint density at radius 3 is 2.62 bits per heavy atom. The van der Waals surface area contributed by atoms with Gasteiger partial charge in [-0.25, -0.2) is 4.79 Å². The lowest BCUT2D eigenvalue weighted by Crippen LogP contribution is -2.06. The number of ether oxygens (including phenoxy) is 1. The summed E-state index contributed by atoms with van der Waals surface area (Å²) < 4.78 is 4.64. The number of benzene rings is 1. The predicted octanol–water partition coefficient (Wildman–Crippen LogP) is 2.57. The van der Waals surface area contributed by atoms with Gasteiger partial charge in [0, 0.05) is 17.5 Å². The molecule has 3 nitrogen and oxygen atoms in total. The number of methoxy groups -OCH3 is 1. The lowest BCUT2D eigenvalue weighted by molar-refractivity contribution is -0.134. The Morgan fingerprint density at radius 1 is 1.38 bits per heavy atom. The van der Waals surface area contributed by atoms with Crippen LogP contribution in [0.25, 0.3) is 0 Å². The van der Waals surface area contributed by atoms with Crippen molar-refractivity contribution < 1.29 is 9.53 Å². The highest BCUT2D eigenvalue weighted by Gasteiger charge is 2.26. The normalized spacial score (nSPS) is 15.7. The number of nitrogens with one attached hydrogen (secondary N) is 1. The van der Waals surface area contributed by atoms with Crippen molar-refractivity contribution in [3.8, 4) is 0 Å². The van der Waals surface area contributed by atoms with Crippen LogP contribution in [0, 0.1) is 5.92 Å². The smallest absolute Gasteiger partial charge is 0.332 e. The van der Waals surface area contributed by atoms with E-state index >= 15 is 0 Å². The van der Waals surface area contributed by atoms with E-state index in [2.05, 4.69) is 10.1 Å². The van der Waals surface area contributed by atoms with Crippen LogP contribution in [0.1, 0.15) is 12.8 Å². The van der Waals surface area contributed by atoms with Crippen LogP contribution in [0.2, 0.25) is 0 Å². The van der Waals surface area contributed by atoms with Gasteiger partial charge in [-0.3, -0.25) is 0 Å². The second-order valence-electron chi connectivity index (χ2n) is 3.89. The van der Waals surface area contributed by atoms with E-state index in [1.165, 1.54) is 7.11 Å². The molecule has 1 N–H and O–H groups in total. The zero-order valence-electron chi connectivity index (χ0n) is 9.27. The van der Waals surface area contributed by atoms with Crippen LogP contribution in [0.5, 0.6) is 0 Å². The maximum atomic E-state index is 11.2. The number of rotatable bonds is 4. The van der Waals surface area contributed by atoms with Crippen molar-refractivity contribution in [3.63, 3.8) is 0 Å². The third kappa shape index (κ3) is 2.86. The molecule has 0 saturated heterocycles. The van der Waals surface area contributed by atoms with Gasteiger partial charge >= 0.3 is 5.97 Å². The summed E-state index contributed by atoms with van der Waals surface area (Å²) in [6.45, 7) is 0. The van der Waals surface area contributed by atoms with E-state index in [0.29, 0.717) is 5.92 Å². The second-order valence-corrected chi connectivity index (χ2v) is 3.89. The van der Waals surface area contributed by atoms with Gasteiger partial charge in [0.05, 0.1) is 7.11 Å². The van der Waals surface area contributed by atoms with Gasteiger partial charge in [-0.1, -0.05) is 18.2 Å². The summed E-state index contributed by atoms with van der Waals surface area (Å²) >= 11 is 0. The summed E-state index contributed by atoms with van der Waals surface area (Å²) in [5.74, 6) is 0.185. The Bertz CT molecular complexity index is 394. The van der Waals surface area contributed by atoms with Crippen molar-refractivity contribution in [1.29, 1.82) is 0 Å². The molecule has 0 amide bonds. The van der Waals surface area contributed by atoms with Crippen LogP contribution in [-0.2, 0) is 9.53 Å². The molecule has 16 heavy (non-hydrogen) atoms. The molecule has 0 aromatic heterocycles. The van der Waals surface area contributed by atoms with E-state index in [-0.39, 0.29) is 5.97 Å². The summed E-state index contributed by atoms with van der Waals surface area (Å²) in [5, 5.41) is 3.27. The first-order chi connectivity index (χ1) is 7.79. The Balaban J connectivity index is 2.09. The maximum Gasteiger partial charge on any atom is 0.332 e. The monoisotopic (exact) mass is 217 g/mol. The summed E-state index contributed by atoms with van der Waals surface area (Å²) in [5.41, 5.74) is 1.96. The third-order valence-electron chi connectivity index (χ3n) is 2.55. The average Bonchev–Trinajstić information content (AvgIpc) is 3.13. The van der Waals surface area contributed by atoms with Crippen LogP contribution in [0.15, 0.2) is 42.1 Å². The molecule has 0 radical (unpaired) electrons. The summed E-state index contributed by atoms with van der Waals surface area (Å²) in [6, 6.07) is 9.85. The molecule has 1 aliphatic rings. The maximum absolute atomic E-state index is 11.2. The van der Waals surface area contributed by atoms with E-state index in [4.69, 9.17) is 0 Å². The van der Waals surface area contributed by atoms with Gasteiger partial charge < -0.3 is 10.1 Å². The SMILES string of the molecule is COC(=O)/C=C(/Nc1ccccc1)C1CC1. The van der Waals surface area contributed by atoms with E-state index in [0.717, 1.165) is 24.2 Å². The van der Waals surface area contributed by atoms with Gasteiger partial charge in [0.15, 0.2) is 0 Å². The molecule has 1 saturated carbocycles. The van der Waals surface area contributed by atoms with Gasteiger partial charge in [0.25, 0.3) is 0 Å². The lowest BCUT2D eigenvalue weighted by atomic mass is 10.2. The average molecular weight is 217 g/mol. The van der Waals surface area contributed by atoms with Crippen LogP contribution in [0.4, 0.5) is 5.69 Å². The number of esters is 1. The van der Waals surface area contributed by atoms with E-state index in [1.54, 1.807) is 6.08 Å². The minimum atomic E-state index is -0.301. The van der Waals surface area contributed by atoms with Crippen molar-refractivity contribution in [2.75, 3.05) is 12.4 Å². The number of carbonyl (C=O) groups excluding carboxylic acids is 1. The van der Waals surface area contributed by atoms with Crippen molar-refractivity contribution in [2.45, 2.75) is 12.8 Å². The summed E-state index contributed by atoms with van der Waals surface area (Å²) in [7, 11) is 1.39. The second kappa shape index (κ2) is 4.84. The molecule has 0 heterocycles.